The van der Waals surface area contributed by atoms with E-state index in [1.165, 1.54) is 0 Å². The molecular formula is C15H21BrN2O2. The molecule has 0 saturated heterocycles. The predicted octanol–water partition coefficient (Wildman–Crippen LogP) is 2.78. The molecule has 1 aliphatic rings. The normalized spacial score (nSPS) is 19.1. The van der Waals surface area contributed by atoms with Gasteiger partial charge >= 0.3 is 0 Å². The highest BCUT2D eigenvalue weighted by atomic mass is 79.9. The second-order valence-electron chi connectivity index (χ2n) is 5.42. The maximum atomic E-state index is 12.0. The third kappa shape index (κ3) is 3.73. The molecule has 4 nitrogen and oxygen atoms in total. The Bertz CT molecular complexity index is 491. The highest BCUT2D eigenvalue weighted by Crippen LogP contribution is 2.34. The number of ether oxygens (including phenoxy) is 1. The zero-order chi connectivity index (χ0) is 14.7. The summed E-state index contributed by atoms with van der Waals surface area (Å²) >= 11 is 3.48. The van der Waals surface area contributed by atoms with Crippen LogP contribution in [0.4, 0.5) is 0 Å². The summed E-state index contributed by atoms with van der Waals surface area (Å²) in [6.07, 6.45) is 0.864. The van der Waals surface area contributed by atoms with Gasteiger partial charge in [-0.25, -0.2) is 0 Å². The maximum absolute atomic E-state index is 12.0. The van der Waals surface area contributed by atoms with Crippen molar-refractivity contribution in [1.29, 1.82) is 0 Å². The van der Waals surface area contributed by atoms with Gasteiger partial charge in [0.15, 0.2) is 0 Å². The van der Waals surface area contributed by atoms with E-state index in [9.17, 15) is 4.79 Å². The first-order chi connectivity index (χ1) is 9.47. The molecule has 1 amide bonds. The highest BCUT2D eigenvalue weighted by molar-refractivity contribution is 9.10. The lowest BCUT2D eigenvalue weighted by molar-refractivity contribution is -0.123. The van der Waals surface area contributed by atoms with Gasteiger partial charge in [-0.05, 0) is 39.0 Å². The molecule has 0 aliphatic carbocycles. The van der Waals surface area contributed by atoms with Crippen molar-refractivity contribution in [3.05, 3.63) is 28.2 Å². The van der Waals surface area contributed by atoms with Gasteiger partial charge in [0.1, 0.15) is 5.75 Å². The minimum Gasteiger partial charge on any atom is -0.493 e. The summed E-state index contributed by atoms with van der Waals surface area (Å²) in [6.45, 7) is 6.49. The number of hydrogen-bond acceptors (Lipinski definition) is 3. The van der Waals surface area contributed by atoms with E-state index in [0.717, 1.165) is 22.2 Å². The van der Waals surface area contributed by atoms with Crippen molar-refractivity contribution in [2.24, 2.45) is 0 Å². The quantitative estimate of drug-likeness (QED) is 0.885. The summed E-state index contributed by atoms with van der Waals surface area (Å²) in [5.74, 6) is 0.927. The van der Waals surface area contributed by atoms with Crippen LogP contribution in [0.5, 0.6) is 5.75 Å². The van der Waals surface area contributed by atoms with Gasteiger partial charge in [-0.1, -0.05) is 15.9 Å². The first-order valence-electron chi connectivity index (χ1n) is 6.96. The molecule has 0 aromatic heterocycles. The second-order valence-corrected chi connectivity index (χ2v) is 6.34. The lowest BCUT2D eigenvalue weighted by Gasteiger charge is -2.29. The van der Waals surface area contributed by atoms with Gasteiger partial charge in [-0.3, -0.25) is 10.1 Å². The number of nitrogens with one attached hydrogen (secondary N) is 2. The average Bonchev–Trinajstić information content (AvgIpc) is 2.38. The van der Waals surface area contributed by atoms with E-state index in [2.05, 4.69) is 32.6 Å². The van der Waals surface area contributed by atoms with Crippen molar-refractivity contribution in [2.75, 3.05) is 6.61 Å². The summed E-state index contributed by atoms with van der Waals surface area (Å²) in [5, 5.41) is 6.32. The fourth-order valence-electron chi connectivity index (χ4n) is 2.33. The number of fused-ring (bicyclic) bond motifs is 1. The Morgan fingerprint density at radius 3 is 2.85 bits per heavy atom. The van der Waals surface area contributed by atoms with Crippen molar-refractivity contribution in [1.82, 2.24) is 10.6 Å². The van der Waals surface area contributed by atoms with Crippen LogP contribution in [0, 0.1) is 0 Å². The van der Waals surface area contributed by atoms with Gasteiger partial charge in [-0.15, -0.1) is 0 Å². The van der Waals surface area contributed by atoms with E-state index in [0.29, 0.717) is 6.61 Å². The first-order valence-corrected chi connectivity index (χ1v) is 7.75. The molecule has 2 unspecified atom stereocenters. The summed E-state index contributed by atoms with van der Waals surface area (Å²) < 4.78 is 6.68. The van der Waals surface area contributed by atoms with Crippen LogP contribution < -0.4 is 15.4 Å². The third-order valence-corrected chi connectivity index (χ3v) is 3.78. The molecule has 5 heteroatoms. The van der Waals surface area contributed by atoms with E-state index < -0.39 is 0 Å². The molecule has 2 N–H and O–H groups in total. The number of benzene rings is 1. The molecule has 1 aromatic rings. The Balaban J connectivity index is 2.08. The molecule has 0 saturated carbocycles. The van der Waals surface area contributed by atoms with Gasteiger partial charge in [0.25, 0.3) is 0 Å². The monoisotopic (exact) mass is 340 g/mol. The smallest absolute Gasteiger partial charge is 0.237 e. The molecule has 0 radical (unpaired) electrons. The lowest BCUT2D eigenvalue weighted by Crippen LogP contribution is -2.46. The van der Waals surface area contributed by atoms with Crippen molar-refractivity contribution < 1.29 is 9.53 Å². The molecule has 0 spiro atoms. The highest BCUT2D eigenvalue weighted by Gasteiger charge is 2.25. The van der Waals surface area contributed by atoms with Crippen LogP contribution in [0.25, 0.3) is 0 Å². The maximum Gasteiger partial charge on any atom is 0.237 e. The van der Waals surface area contributed by atoms with E-state index in [1.807, 2.05) is 32.9 Å². The molecule has 0 fully saturated rings. The van der Waals surface area contributed by atoms with Crippen LogP contribution in [0.2, 0.25) is 0 Å². The van der Waals surface area contributed by atoms with Crippen LogP contribution in [-0.2, 0) is 4.79 Å². The Morgan fingerprint density at radius 2 is 2.15 bits per heavy atom. The minimum atomic E-state index is -0.229. The molecule has 110 valence electrons. The average molecular weight is 341 g/mol. The molecule has 1 aliphatic heterocycles. The number of hydrogen-bond donors (Lipinski definition) is 2. The van der Waals surface area contributed by atoms with Crippen LogP contribution in [0.1, 0.15) is 38.8 Å². The molecule has 1 heterocycles. The minimum absolute atomic E-state index is 0.0306. The topological polar surface area (TPSA) is 50.4 Å². The van der Waals surface area contributed by atoms with Crippen molar-refractivity contribution in [3.63, 3.8) is 0 Å². The van der Waals surface area contributed by atoms with Crippen molar-refractivity contribution in [3.8, 4) is 5.75 Å². The summed E-state index contributed by atoms with van der Waals surface area (Å²) in [4.78, 5) is 12.0. The van der Waals surface area contributed by atoms with E-state index >= 15 is 0 Å². The van der Waals surface area contributed by atoms with Gasteiger partial charge in [0, 0.05) is 28.5 Å². The third-order valence-electron chi connectivity index (χ3n) is 3.29. The predicted molar refractivity (Wildman–Crippen MR) is 82.9 cm³/mol. The number of halogens is 1. The SMILES string of the molecule is CC(C)NC(=O)C(C)NC1CCOc2ccc(Br)cc21. The fourth-order valence-corrected chi connectivity index (χ4v) is 2.70. The van der Waals surface area contributed by atoms with E-state index in [1.54, 1.807) is 0 Å². The van der Waals surface area contributed by atoms with E-state index in [4.69, 9.17) is 4.74 Å². The van der Waals surface area contributed by atoms with Crippen molar-refractivity contribution >= 4 is 21.8 Å². The van der Waals surface area contributed by atoms with E-state index in [-0.39, 0.29) is 24.0 Å². The standard InChI is InChI=1S/C15H21BrN2O2/c1-9(2)17-15(19)10(3)18-13-6-7-20-14-5-4-11(16)8-12(13)14/h4-5,8-10,13,18H,6-7H2,1-3H3,(H,17,19). The van der Waals surface area contributed by atoms with Crippen molar-refractivity contribution in [2.45, 2.75) is 45.3 Å². The Labute approximate surface area is 128 Å². The summed E-state index contributed by atoms with van der Waals surface area (Å²) in [6, 6.07) is 6.06. The molecule has 2 rings (SSSR count). The first kappa shape index (κ1) is 15.3. The zero-order valence-corrected chi connectivity index (χ0v) is 13.7. The fraction of sp³-hybridized carbons (Fsp3) is 0.533. The lowest BCUT2D eigenvalue weighted by atomic mass is 9.99. The number of rotatable bonds is 4. The molecule has 20 heavy (non-hydrogen) atoms. The largest absolute Gasteiger partial charge is 0.493 e. The number of carbonyl (C=O) groups is 1. The molecular weight excluding hydrogens is 320 g/mol. The zero-order valence-electron chi connectivity index (χ0n) is 12.1. The Kier molecular flexibility index (Phi) is 5.05. The van der Waals surface area contributed by atoms with Crippen LogP contribution in [-0.4, -0.2) is 24.6 Å². The van der Waals surface area contributed by atoms with Gasteiger partial charge in [0.2, 0.25) is 5.91 Å². The molecule has 0 bridgehead atoms. The summed E-state index contributed by atoms with van der Waals surface area (Å²) in [5.41, 5.74) is 1.11. The second kappa shape index (κ2) is 6.59. The number of carbonyl (C=O) groups excluding carboxylic acids is 1. The Morgan fingerprint density at radius 1 is 1.40 bits per heavy atom. The number of amides is 1. The summed E-state index contributed by atoms with van der Waals surface area (Å²) in [7, 11) is 0. The van der Waals surface area contributed by atoms with Gasteiger partial charge in [-0.2, -0.15) is 0 Å². The molecule has 2 atom stereocenters. The van der Waals surface area contributed by atoms with Gasteiger partial charge in [0.05, 0.1) is 12.6 Å². The van der Waals surface area contributed by atoms with Crippen LogP contribution in [0.15, 0.2) is 22.7 Å². The van der Waals surface area contributed by atoms with Gasteiger partial charge < -0.3 is 10.1 Å². The van der Waals surface area contributed by atoms with Crippen LogP contribution >= 0.6 is 15.9 Å². The van der Waals surface area contributed by atoms with Crippen LogP contribution in [0.3, 0.4) is 0 Å². The Hall–Kier alpha value is -1.07. The molecule has 1 aromatic carbocycles.